The molecule has 1 atom stereocenters. The van der Waals surface area contributed by atoms with Crippen LogP contribution in [-0.4, -0.2) is 54.8 Å². The predicted octanol–water partition coefficient (Wildman–Crippen LogP) is 0.625. The van der Waals surface area contributed by atoms with Gasteiger partial charge in [-0.1, -0.05) is 22.5 Å². The molecule has 8 heteroatoms. The molecule has 2 aromatic heterocycles. The smallest absolute Gasteiger partial charge is 0.228 e. The van der Waals surface area contributed by atoms with E-state index in [0.717, 1.165) is 5.39 Å². The summed E-state index contributed by atoms with van der Waals surface area (Å²) in [7, 11) is 0. The monoisotopic (exact) mass is 327 g/mol. The molecule has 3 heterocycles. The molecule has 4 rings (SSSR count). The summed E-state index contributed by atoms with van der Waals surface area (Å²) in [4.78, 5) is 14.2. The van der Waals surface area contributed by atoms with E-state index in [0.29, 0.717) is 30.8 Å². The van der Waals surface area contributed by atoms with Gasteiger partial charge in [-0.25, -0.2) is 4.68 Å². The van der Waals surface area contributed by atoms with Crippen molar-refractivity contribution in [3.63, 3.8) is 0 Å². The molecule has 0 saturated carbocycles. The number of hydrogen-bond donors (Lipinski definition) is 1. The lowest BCUT2D eigenvalue weighted by Gasteiger charge is -2.23. The van der Waals surface area contributed by atoms with Crippen LogP contribution in [0.5, 0.6) is 0 Å². The van der Waals surface area contributed by atoms with Gasteiger partial charge in [0.2, 0.25) is 5.91 Å². The summed E-state index contributed by atoms with van der Waals surface area (Å²) in [5, 5.41) is 23.1. The Morgan fingerprint density at radius 3 is 3.08 bits per heavy atom. The summed E-state index contributed by atoms with van der Waals surface area (Å²) in [6.45, 7) is 1.12. The SMILES string of the molecule is O=C(Cc1noc2ccccc12)N1CCC(O)(Cn2ccnn2)C1. The number of fused-ring (bicyclic) bond motifs is 1. The number of benzene rings is 1. The Morgan fingerprint density at radius 2 is 2.25 bits per heavy atom. The molecule has 1 fully saturated rings. The first-order valence-corrected chi connectivity index (χ1v) is 7.81. The molecule has 124 valence electrons. The van der Waals surface area contributed by atoms with Crippen molar-refractivity contribution < 1.29 is 14.4 Å². The third-order valence-corrected chi connectivity index (χ3v) is 4.38. The van der Waals surface area contributed by atoms with Gasteiger partial charge >= 0.3 is 0 Å². The maximum Gasteiger partial charge on any atom is 0.228 e. The highest BCUT2D eigenvalue weighted by molar-refractivity contribution is 5.86. The van der Waals surface area contributed by atoms with Gasteiger partial charge in [-0.15, -0.1) is 5.10 Å². The second kappa shape index (κ2) is 5.72. The van der Waals surface area contributed by atoms with E-state index in [1.165, 1.54) is 0 Å². The van der Waals surface area contributed by atoms with Crippen molar-refractivity contribution in [3.05, 3.63) is 42.4 Å². The molecule has 24 heavy (non-hydrogen) atoms. The first-order chi connectivity index (χ1) is 11.6. The van der Waals surface area contributed by atoms with Crippen molar-refractivity contribution in [3.8, 4) is 0 Å². The van der Waals surface area contributed by atoms with E-state index >= 15 is 0 Å². The van der Waals surface area contributed by atoms with Crippen molar-refractivity contribution in [1.82, 2.24) is 25.1 Å². The first kappa shape index (κ1) is 14.8. The summed E-state index contributed by atoms with van der Waals surface area (Å²) < 4.78 is 6.82. The Morgan fingerprint density at radius 1 is 1.38 bits per heavy atom. The van der Waals surface area contributed by atoms with E-state index < -0.39 is 5.60 Å². The standard InChI is InChI=1S/C16H17N5O3/c22-15(9-13-12-3-1-2-4-14(12)24-18-13)20-7-5-16(23,10-20)11-21-8-6-17-19-21/h1-4,6,8,23H,5,7,9-11H2. The molecule has 1 aromatic carbocycles. The Bertz CT molecular complexity index is 860. The minimum atomic E-state index is -0.977. The number of aromatic nitrogens is 4. The Balaban J connectivity index is 1.44. The maximum absolute atomic E-state index is 12.5. The highest BCUT2D eigenvalue weighted by Gasteiger charge is 2.38. The van der Waals surface area contributed by atoms with E-state index in [1.807, 2.05) is 24.3 Å². The lowest BCUT2D eigenvalue weighted by atomic mass is 10.0. The van der Waals surface area contributed by atoms with Crippen LogP contribution in [0.2, 0.25) is 0 Å². The summed E-state index contributed by atoms with van der Waals surface area (Å²) in [6.07, 6.45) is 3.94. The van der Waals surface area contributed by atoms with Crippen LogP contribution in [0.1, 0.15) is 12.1 Å². The number of rotatable bonds is 4. The van der Waals surface area contributed by atoms with Crippen LogP contribution in [0.4, 0.5) is 0 Å². The summed E-state index contributed by atoms with van der Waals surface area (Å²) in [6, 6.07) is 7.46. The van der Waals surface area contributed by atoms with Crippen LogP contribution in [0, 0.1) is 0 Å². The lowest BCUT2D eigenvalue weighted by molar-refractivity contribution is -0.130. The fourth-order valence-electron chi connectivity index (χ4n) is 3.14. The highest BCUT2D eigenvalue weighted by Crippen LogP contribution is 2.25. The molecule has 0 bridgehead atoms. The molecule has 1 N–H and O–H groups in total. The van der Waals surface area contributed by atoms with Gasteiger partial charge in [-0.05, 0) is 18.6 Å². The molecule has 3 aromatic rings. The predicted molar refractivity (Wildman–Crippen MR) is 83.9 cm³/mol. The van der Waals surface area contributed by atoms with Crippen LogP contribution in [-0.2, 0) is 17.8 Å². The fraction of sp³-hybridized carbons (Fsp3) is 0.375. The molecule has 8 nitrogen and oxygen atoms in total. The number of amides is 1. The molecule has 0 spiro atoms. The highest BCUT2D eigenvalue weighted by atomic mass is 16.5. The van der Waals surface area contributed by atoms with Gasteiger partial charge in [0.05, 0.1) is 25.7 Å². The zero-order chi connectivity index (χ0) is 16.6. The quantitative estimate of drug-likeness (QED) is 0.755. The van der Waals surface area contributed by atoms with Crippen molar-refractivity contribution in [2.24, 2.45) is 0 Å². The molecular formula is C16H17N5O3. The van der Waals surface area contributed by atoms with Gasteiger partial charge < -0.3 is 14.5 Å². The molecule has 0 radical (unpaired) electrons. The average Bonchev–Trinajstić information content (AvgIpc) is 3.29. The van der Waals surface area contributed by atoms with Gasteiger partial charge in [0.1, 0.15) is 11.3 Å². The molecular weight excluding hydrogens is 310 g/mol. The van der Waals surface area contributed by atoms with E-state index in [2.05, 4.69) is 15.5 Å². The van der Waals surface area contributed by atoms with Crippen LogP contribution in [0.25, 0.3) is 11.0 Å². The summed E-state index contributed by atoms with van der Waals surface area (Å²) in [5.41, 5.74) is 0.321. The lowest BCUT2D eigenvalue weighted by Crippen LogP contribution is -2.40. The third kappa shape index (κ3) is 2.76. The molecule has 1 saturated heterocycles. The van der Waals surface area contributed by atoms with Gasteiger partial charge in [-0.3, -0.25) is 4.79 Å². The molecule has 1 aliphatic heterocycles. The number of para-hydroxylation sites is 1. The molecule has 1 aliphatic rings. The van der Waals surface area contributed by atoms with Crippen LogP contribution in [0.15, 0.2) is 41.2 Å². The van der Waals surface area contributed by atoms with Crippen LogP contribution in [0.3, 0.4) is 0 Å². The molecule has 0 aliphatic carbocycles. The summed E-state index contributed by atoms with van der Waals surface area (Å²) in [5.74, 6) is -0.0661. The van der Waals surface area contributed by atoms with Crippen molar-refractivity contribution in [2.75, 3.05) is 13.1 Å². The Hall–Kier alpha value is -2.74. The van der Waals surface area contributed by atoms with Crippen LogP contribution < -0.4 is 0 Å². The Kier molecular flexibility index (Phi) is 3.53. The maximum atomic E-state index is 12.5. The summed E-state index contributed by atoms with van der Waals surface area (Å²) >= 11 is 0. The fourth-order valence-corrected chi connectivity index (χ4v) is 3.14. The minimum absolute atomic E-state index is 0.0661. The zero-order valence-electron chi connectivity index (χ0n) is 13.0. The van der Waals surface area contributed by atoms with E-state index in [1.54, 1.807) is 22.0 Å². The normalized spacial score (nSPS) is 20.8. The average molecular weight is 327 g/mol. The number of nitrogens with zero attached hydrogens (tertiary/aromatic N) is 5. The topological polar surface area (TPSA) is 97.3 Å². The van der Waals surface area contributed by atoms with Crippen molar-refractivity contribution >= 4 is 16.9 Å². The second-order valence-corrected chi connectivity index (χ2v) is 6.19. The number of carbonyl (C=O) groups excluding carboxylic acids is 1. The van der Waals surface area contributed by atoms with Gasteiger partial charge in [-0.2, -0.15) is 0 Å². The van der Waals surface area contributed by atoms with Gasteiger partial charge in [0, 0.05) is 18.1 Å². The number of hydrogen-bond acceptors (Lipinski definition) is 6. The minimum Gasteiger partial charge on any atom is -0.386 e. The first-order valence-electron chi connectivity index (χ1n) is 7.81. The van der Waals surface area contributed by atoms with Gasteiger partial charge in [0.25, 0.3) is 0 Å². The van der Waals surface area contributed by atoms with E-state index in [-0.39, 0.29) is 18.9 Å². The molecule has 1 unspecified atom stereocenters. The van der Waals surface area contributed by atoms with Crippen molar-refractivity contribution in [1.29, 1.82) is 0 Å². The van der Waals surface area contributed by atoms with E-state index in [4.69, 9.17) is 4.52 Å². The number of carbonyl (C=O) groups is 1. The number of likely N-dealkylation sites (tertiary alicyclic amines) is 1. The largest absolute Gasteiger partial charge is 0.386 e. The van der Waals surface area contributed by atoms with Crippen LogP contribution >= 0.6 is 0 Å². The Labute approximate surface area is 137 Å². The van der Waals surface area contributed by atoms with E-state index in [9.17, 15) is 9.90 Å². The second-order valence-electron chi connectivity index (χ2n) is 6.19. The van der Waals surface area contributed by atoms with Gasteiger partial charge in [0.15, 0.2) is 5.58 Å². The number of β-amino-alcohol motifs (C(OH)–C–C–N with tert-alkyl or cyclic N) is 1. The van der Waals surface area contributed by atoms with Crippen molar-refractivity contribution in [2.45, 2.75) is 25.0 Å². The molecule has 1 amide bonds. The number of aliphatic hydroxyl groups is 1. The zero-order valence-corrected chi connectivity index (χ0v) is 13.0. The third-order valence-electron chi connectivity index (χ3n) is 4.38.